The lowest BCUT2D eigenvalue weighted by atomic mass is 10.3. The predicted molar refractivity (Wildman–Crippen MR) is 82.6 cm³/mol. The maximum absolute atomic E-state index is 12.7. The molecule has 5 nitrogen and oxygen atoms in total. The van der Waals surface area contributed by atoms with Crippen LogP contribution in [0.5, 0.6) is 0 Å². The van der Waals surface area contributed by atoms with Crippen LogP contribution in [0.25, 0.3) is 0 Å². The molecule has 0 bridgehead atoms. The van der Waals surface area contributed by atoms with Gasteiger partial charge in [0, 0.05) is 19.2 Å². The molecule has 0 aromatic carbocycles. The molecule has 1 aliphatic carbocycles. The zero-order valence-corrected chi connectivity index (χ0v) is 14.0. The standard InChI is InChI=1S/C15H26N2O3S/c1-4-9-16-11-14-10-15(12(2)20-14)21(18,19)17(3)13-7-5-6-8-13/h10,13,16H,4-9,11H2,1-3H3. The van der Waals surface area contributed by atoms with Crippen LogP contribution in [0, 0.1) is 6.92 Å². The summed E-state index contributed by atoms with van der Waals surface area (Å²) in [6.45, 7) is 5.27. The highest BCUT2D eigenvalue weighted by molar-refractivity contribution is 7.89. The molecule has 0 amide bonds. The monoisotopic (exact) mass is 314 g/mol. The first kappa shape index (κ1) is 16.5. The van der Waals surface area contributed by atoms with Gasteiger partial charge in [0.05, 0.1) is 6.54 Å². The van der Waals surface area contributed by atoms with Crippen molar-refractivity contribution in [1.82, 2.24) is 9.62 Å². The third-order valence-electron chi connectivity index (χ3n) is 4.15. The summed E-state index contributed by atoms with van der Waals surface area (Å²) >= 11 is 0. The first-order valence-electron chi connectivity index (χ1n) is 7.75. The first-order chi connectivity index (χ1) is 9.96. The molecule has 0 unspecified atom stereocenters. The second-order valence-electron chi connectivity index (χ2n) is 5.77. The number of aryl methyl sites for hydroxylation is 1. The van der Waals surface area contributed by atoms with Crippen molar-refractivity contribution < 1.29 is 12.8 Å². The zero-order valence-electron chi connectivity index (χ0n) is 13.2. The third kappa shape index (κ3) is 3.67. The molecule has 21 heavy (non-hydrogen) atoms. The lowest BCUT2D eigenvalue weighted by molar-refractivity contribution is 0.371. The quantitative estimate of drug-likeness (QED) is 0.786. The average molecular weight is 314 g/mol. The van der Waals surface area contributed by atoms with Crippen LogP contribution in [0.3, 0.4) is 0 Å². The van der Waals surface area contributed by atoms with Crippen LogP contribution in [0.4, 0.5) is 0 Å². The molecule has 120 valence electrons. The van der Waals surface area contributed by atoms with Crippen molar-refractivity contribution in [2.75, 3.05) is 13.6 Å². The van der Waals surface area contributed by atoms with Crippen LogP contribution < -0.4 is 5.32 Å². The molecule has 1 aliphatic rings. The van der Waals surface area contributed by atoms with Crippen molar-refractivity contribution in [3.8, 4) is 0 Å². The van der Waals surface area contributed by atoms with E-state index in [0.29, 0.717) is 23.0 Å². The molecule has 0 atom stereocenters. The summed E-state index contributed by atoms with van der Waals surface area (Å²) in [6, 6.07) is 1.80. The van der Waals surface area contributed by atoms with Crippen LogP contribution in [0.15, 0.2) is 15.4 Å². The van der Waals surface area contributed by atoms with Crippen LogP contribution in [-0.4, -0.2) is 32.4 Å². The van der Waals surface area contributed by atoms with Gasteiger partial charge in [-0.3, -0.25) is 0 Å². The van der Waals surface area contributed by atoms with Gasteiger partial charge < -0.3 is 9.73 Å². The van der Waals surface area contributed by atoms with E-state index in [2.05, 4.69) is 12.2 Å². The van der Waals surface area contributed by atoms with Crippen LogP contribution in [0.2, 0.25) is 0 Å². The molecule has 0 spiro atoms. The van der Waals surface area contributed by atoms with E-state index in [1.807, 2.05) is 0 Å². The SMILES string of the molecule is CCCNCc1cc(S(=O)(=O)N(C)C2CCCC2)c(C)o1. The van der Waals surface area contributed by atoms with E-state index in [9.17, 15) is 8.42 Å². The van der Waals surface area contributed by atoms with Gasteiger partial charge in [0.15, 0.2) is 0 Å². The Morgan fingerprint density at radius 2 is 2.05 bits per heavy atom. The number of nitrogens with zero attached hydrogens (tertiary/aromatic N) is 1. The molecule has 0 saturated heterocycles. The van der Waals surface area contributed by atoms with Gasteiger partial charge in [0.2, 0.25) is 10.0 Å². The molecule has 0 aliphatic heterocycles. The summed E-state index contributed by atoms with van der Waals surface area (Å²) in [7, 11) is -1.76. The summed E-state index contributed by atoms with van der Waals surface area (Å²) in [5.41, 5.74) is 0. The van der Waals surface area contributed by atoms with Crippen LogP contribution >= 0.6 is 0 Å². The molecule has 1 aromatic rings. The van der Waals surface area contributed by atoms with Gasteiger partial charge in [-0.15, -0.1) is 0 Å². The van der Waals surface area contributed by atoms with Crippen LogP contribution in [0.1, 0.15) is 50.5 Å². The molecule has 1 saturated carbocycles. The molecular weight excluding hydrogens is 288 g/mol. The molecule has 1 aromatic heterocycles. The fourth-order valence-corrected chi connectivity index (χ4v) is 4.47. The Hall–Kier alpha value is -0.850. The Morgan fingerprint density at radius 3 is 2.67 bits per heavy atom. The van der Waals surface area contributed by atoms with E-state index in [-0.39, 0.29) is 6.04 Å². The minimum Gasteiger partial charge on any atom is -0.464 e. The van der Waals surface area contributed by atoms with Gasteiger partial charge in [-0.1, -0.05) is 19.8 Å². The smallest absolute Gasteiger partial charge is 0.246 e. The number of hydrogen-bond acceptors (Lipinski definition) is 4. The van der Waals surface area contributed by atoms with Crippen molar-refractivity contribution in [2.24, 2.45) is 0 Å². The second kappa shape index (κ2) is 6.94. The summed E-state index contributed by atoms with van der Waals surface area (Å²) in [6.07, 6.45) is 5.17. The fraction of sp³-hybridized carbons (Fsp3) is 0.733. The lowest BCUT2D eigenvalue weighted by Gasteiger charge is -2.23. The maximum Gasteiger partial charge on any atom is 0.246 e. The number of hydrogen-bond donors (Lipinski definition) is 1. The summed E-state index contributed by atoms with van der Waals surface area (Å²) < 4.78 is 32.6. The highest BCUT2D eigenvalue weighted by Gasteiger charge is 2.32. The predicted octanol–water partition coefficient (Wildman–Crippen LogP) is 2.65. The van der Waals surface area contributed by atoms with Crippen LogP contribution in [-0.2, 0) is 16.6 Å². The Morgan fingerprint density at radius 1 is 1.38 bits per heavy atom. The van der Waals surface area contributed by atoms with E-state index in [1.54, 1.807) is 20.0 Å². The first-order valence-corrected chi connectivity index (χ1v) is 9.19. The van der Waals surface area contributed by atoms with Crippen molar-refractivity contribution in [3.05, 3.63) is 17.6 Å². The molecule has 2 rings (SSSR count). The van der Waals surface area contributed by atoms with Gasteiger partial charge in [-0.2, -0.15) is 4.31 Å². The largest absolute Gasteiger partial charge is 0.464 e. The van der Waals surface area contributed by atoms with E-state index in [1.165, 1.54) is 4.31 Å². The second-order valence-corrected chi connectivity index (χ2v) is 7.74. The summed E-state index contributed by atoms with van der Waals surface area (Å²) in [5, 5.41) is 3.23. The Labute approximate surface area is 127 Å². The highest BCUT2D eigenvalue weighted by Crippen LogP contribution is 2.29. The number of rotatable bonds is 7. The third-order valence-corrected chi connectivity index (χ3v) is 6.16. The van der Waals surface area contributed by atoms with Gasteiger partial charge >= 0.3 is 0 Å². The molecule has 1 fully saturated rings. The maximum atomic E-state index is 12.7. The highest BCUT2D eigenvalue weighted by atomic mass is 32.2. The van der Waals surface area contributed by atoms with Gasteiger partial charge in [0.1, 0.15) is 16.4 Å². The average Bonchev–Trinajstić information content (AvgIpc) is 3.08. The van der Waals surface area contributed by atoms with Gasteiger partial charge in [-0.25, -0.2) is 8.42 Å². The molecule has 6 heteroatoms. The van der Waals surface area contributed by atoms with Gasteiger partial charge in [0.25, 0.3) is 0 Å². The number of nitrogens with one attached hydrogen (secondary N) is 1. The number of furan rings is 1. The molecule has 0 radical (unpaired) electrons. The Balaban J connectivity index is 2.15. The topological polar surface area (TPSA) is 62.6 Å². The molecule has 1 heterocycles. The van der Waals surface area contributed by atoms with E-state index < -0.39 is 10.0 Å². The van der Waals surface area contributed by atoms with E-state index in [0.717, 1.165) is 38.6 Å². The van der Waals surface area contributed by atoms with Gasteiger partial charge in [-0.05, 0) is 32.7 Å². The van der Waals surface area contributed by atoms with Crippen molar-refractivity contribution >= 4 is 10.0 Å². The zero-order chi connectivity index (χ0) is 15.5. The minimum absolute atomic E-state index is 0.131. The minimum atomic E-state index is -3.45. The fourth-order valence-electron chi connectivity index (χ4n) is 2.88. The van der Waals surface area contributed by atoms with E-state index in [4.69, 9.17) is 4.42 Å². The normalized spacial score (nSPS) is 17.0. The summed E-state index contributed by atoms with van der Waals surface area (Å²) in [5.74, 6) is 1.16. The molecule has 1 N–H and O–H groups in total. The molecular formula is C15H26N2O3S. The Bertz CT molecular complexity index is 559. The number of sulfonamides is 1. The lowest BCUT2D eigenvalue weighted by Crippen LogP contribution is -2.35. The summed E-state index contributed by atoms with van der Waals surface area (Å²) in [4.78, 5) is 0.310. The van der Waals surface area contributed by atoms with E-state index >= 15 is 0 Å². The van der Waals surface area contributed by atoms with Crippen molar-refractivity contribution in [1.29, 1.82) is 0 Å². The van der Waals surface area contributed by atoms with Crippen molar-refractivity contribution in [3.63, 3.8) is 0 Å². The van der Waals surface area contributed by atoms with Crippen molar-refractivity contribution in [2.45, 2.75) is 63.4 Å². The Kier molecular flexibility index (Phi) is 5.46.